The van der Waals surface area contributed by atoms with Crippen molar-refractivity contribution in [1.29, 1.82) is 0 Å². The number of amides is 1. The molecule has 1 aliphatic rings. The van der Waals surface area contributed by atoms with Gasteiger partial charge in [-0.1, -0.05) is 13.3 Å². The van der Waals surface area contributed by atoms with Crippen LogP contribution in [0.1, 0.15) is 26.2 Å². The van der Waals surface area contributed by atoms with Crippen LogP contribution in [0.2, 0.25) is 0 Å². The topological polar surface area (TPSA) is 38.1 Å². The lowest BCUT2D eigenvalue weighted by atomic mass is 10.0. The first-order valence-corrected chi connectivity index (χ1v) is 6.95. The first kappa shape index (κ1) is 12.2. The second-order valence-corrected chi connectivity index (χ2v) is 5.31. The van der Waals surface area contributed by atoms with Crippen LogP contribution in [0, 0.1) is 5.92 Å². The molecule has 1 amide bonds. The fourth-order valence-corrected chi connectivity index (χ4v) is 2.92. The van der Waals surface area contributed by atoms with E-state index in [0.717, 1.165) is 30.4 Å². The molecule has 0 saturated carbocycles. The molecule has 0 N–H and O–H groups in total. The third-order valence-electron chi connectivity index (χ3n) is 3.85. The Morgan fingerprint density at radius 1 is 1.42 bits per heavy atom. The number of likely N-dealkylation sites (tertiary alicyclic amines) is 1. The van der Waals surface area contributed by atoms with Gasteiger partial charge in [0.15, 0.2) is 0 Å². The van der Waals surface area contributed by atoms with Crippen LogP contribution >= 0.6 is 0 Å². The molecule has 0 bridgehead atoms. The molecule has 3 rings (SSSR count). The van der Waals surface area contributed by atoms with Crippen molar-refractivity contribution >= 4 is 16.9 Å². The summed E-state index contributed by atoms with van der Waals surface area (Å²) < 4.78 is 2.11. The highest BCUT2D eigenvalue weighted by molar-refractivity contribution is 5.79. The molecule has 0 aromatic carbocycles. The van der Waals surface area contributed by atoms with Gasteiger partial charge < -0.3 is 9.47 Å². The Kier molecular flexibility index (Phi) is 3.23. The maximum atomic E-state index is 12.0. The quantitative estimate of drug-likeness (QED) is 0.844. The Labute approximate surface area is 113 Å². The Balaban J connectivity index is 1.76. The fourth-order valence-electron chi connectivity index (χ4n) is 2.92. The van der Waals surface area contributed by atoms with Gasteiger partial charge in [0.1, 0.15) is 0 Å². The molecule has 0 spiro atoms. The van der Waals surface area contributed by atoms with Gasteiger partial charge in [-0.15, -0.1) is 0 Å². The summed E-state index contributed by atoms with van der Waals surface area (Å²) in [5.74, 6) is 0.821. The molecule has 4 heteroatoms. The number of carbonyl (C=O) groups excluding carboxylic acids is 1. The first-order valence-electron chi connectivity index (χ1n) is 6.95. The molecule has 2 aromatic heterocycles. The molecule has 3 heterocycles. The molecule has 1 fully saturated rings. The van der Waals surface area contributed by atoms with Gasteiger partial charge in [0, 0.05) is 25.4 Å². The molecule has 1 aliphatic heterocycles. The SMILES string of the molecule is CCCC1CC(=O)N(Cn2ccc3ncccc32)C1. The van der Waals surface area contributed by atoms with Gasteiger partial charge >= 0.3 is 0 Å². The molecule has 100 valence electrons. The van der Waals surface area contributed by atoms with Gasteiger partial charge in [0.25, 0.3) is 0 Å². The highest BCUT2D eigenvalue weighted by atomic mass is 16.2. The maximum absolute atomic E-state index is 12.0. The number of hydrogen-bond acceptors (Lipinski definition) is 2. The molecule has 0 radical (unpaired) electrons. The predicted molar refractivity (Wildman–Crippen MR) is 74.5 cm³/mol. The number of rotatable bonds is 4. The number of aromatic nitrogens is 2. The minimum Gasteiger partial charge on any atom is -0.328 e. The monoisotopic (exact) mass is 257 g/mol. The van der Waals surface area contributed by atoms with Crippen LogP contribution < -0.4 is 0 Å². The third-order valence-corrected chi connectivity index (χ3v) is 3.85. The minimum absolute atomic E-state index is 0.282. The molecular formula is C15H19N3O. The zero-order valence-electron chi connectivity index (χ0n) is 11.2. The summed E-state index contributed by atoms with van der Waals surface area (Å²) >= 11 is 0. The normalized spacial score (nSPS) is 19.5. The van der Waals surface area contributed by atoms with Crippen molar-refractivity contribution in [2.24, 2.45) is 5.92 Å². The summed E-state index contributed by atoms with van der Waals surface area (Å²) in [6.07, 6.45) is 6.83. The highest BCUT2D eigenvalue weighted by Crippen LogP contribution is 2.23. The van der Waals surface area contributed by atoms with E-state index in [1.54, 1.807) is 6.20 Å². The van der Waals surface area contributed by atoms with E-state index in [0.29, 0.717) is 19.0 Å². The first-order chi connectivity index (χ1) is 9.28. The molecule has 4 nitrogen and oxygen atoms in total. The smallest absolute Gasteiger partial charge is 0.224 e. The lowest BCUT2D eigenvalue weighted by Crippen LogP contribution is -2.27. The second kappa shape index (κ2) is 5.03. The lowest BCUT2D eigenvalue weighted by molar-refractivity contribution is -0.129. The second-order valence-electron chi connectivity index (χ2n) is 5.31. The number of carbonyl (C=O) groups is 1. The van der Waals surface area contributed by atoms with Gasteiger partial charge in [0.2, 0.25) is 5.91 Å². The van der Waals surface area contributed by atoms with Crippen molar-refractivity contribution in [2.75, 3.05) is 6.54 Å². The summed E-state index contributed by atoms with van der Waals surface area (Å²) in [5.41, 5.74) is 2.08. The Bertz CT molecular complexity index is 590. The van der Waals surface area contributed by atoms with Crippen molar-refractivity contribution in [2.45, 2.75) is 32.9 Å². The van der Waals surface area contributed by atoms with E-state index in [1.807, 2.05) is 29.3 Å². The molecule has 0 aliphatic carbocycles. The third kappa shape index (κ3) is 2.35. The van der Waals surface area contributed by atoms with E-state index in [4.69, 9.17) is 0 Å². The van der Waals surface area contributed by atoms with Crippen LogP contribution in [-0.2, 0) is 11.5 Å². The zero-order chi connectivity index (χ0) is 13.2. The van der Waals surface area contributed by atoms with E-state index in [9.17, 15) is 4.79 Å². The van der Waals surface area contributed by atoms with Crippen molar-refractivity contribution < 1.29 is 4.79 Å². The average Bonchev–Trinajstić information content (AvgIpc) is 2.96. The molecule has 2 aromatic rings. The number of hydrogen-bond donors (Lipinski definition) is 0. The van der Waals surface area contributed by atoms with Crippen LogP contribution in [0.5, 0.6) is 0 Å². The van der Waals surface area contributed by atoms with E-state index < -0.39 is 0 Å². The maximum Gasteiger partial charge on any atom is 0.224 e. The Morgan fingerprint density at radius 2 is 2.32 bits per heavy atom. The van der Waals surface area contributed by atoms with Crippen LogP contribution in [0.3, 0.4) is 0 Å². The van der Waals surface area contributed by atoms with Gasteiger partial charge in [-0.2, -0.15) is 0 Å². The largest absolute Gasteiger partial charge is 0.328 e. The van der Waals surface area contributed by atoms with Gasteiger partial charge in [-0.25, -0.2) is 0 Å². The van der Waals surface area contributed by atoms with Crippen LogP contribution in [0.15, 0.2) is 30.6 Å². The van der Waals surface area contributed by atoms with E-state index >= 15 is 0 Å². The summed E-state index contributed by atoms with van der Waals surface area (Å²) in [4.78, 5) is 18.3. The Morgan fingerprint density at radius 3 is 3.16 bits per heavy atom. The number of nitrogens with zero attached hydrogens (tertiary/aromatic N) is 3. The van der Waals surface area contributed by atoms with E-state index in [1.165, 1.54) is 0 Å². The molecule has 1 saturated heterocycles. The van der Waals surface area contributed by atoms with Crippen LogP contribution in [0.4, 0.5) is 0 Å². The summed E-state index contributed by atoms with van der Waals surface area (Å²) in [6, 6.07) is 5.98. The van der Waals surface area contributed by atoms with Gasteiger partial charge in [-0.3, -0.25) is 9.78 Å². The Hall–Kier alpha value is -1.84. The van der Waals surface area contributed by atoms with Crippen LogP contribution in [-0.4, -0.2) is 26.9 Å². The standard InChI is InChI=1S/C15H19N3O/c1-2-4-12-9-15(19)18(10-12)11-17-8-6-13-14(17)5-3-7-16-13/h3,5-8,12H,2,4,9-11H2,1H3. The zero-order valence-corrected chi connectivity index (χ0v) is 11.2. The molecule has 1 atom stereocenters. The van der Waals surface area contributed by atoms with Crippen molar-refractivity contribution in [1.82, 2.24) is 14.5 Å². The predicted octanol–water partition coefficient (Wildman–Crippen LogP) is 2.64. The fraction of sp³-hybridized carbons (Fsp3) is 0.467. The van der Waals surface area contributed by atoms with Crippen molar-refractivity contribution in [3.63, 3.8) is 0 Å². The number of fused-ring (bicyclic) bond motifs is 1. The van der Waals surface area contributed by atoms with Crippen LogP contribution in [0.25, 0.3) is 11.0 Å². The van der Waals surface area contributed by atoms with Gasteiger partial charge in [-0.05, 0) is 30.5 Å². The molecule has 19 heavy (non-hydrogen) atoms. The van der Waals surface area contributed by atoms with Gasteiger partial charge in [0.05, 0.1) is 17.7 Å². The molecular weight excluding hydrogens is 238 g/mol. The van der Waals surface area contributed by atoms with Crippen molar-refractivity contribution in [3.8, 4) is 0 Å². The lowest BCUT2D eigenvalue weighted by Gasteiger charge is -2.18. The molecule has 1 unspecified atom stereocenters. The van der Waals surface area contributed by atoms with E-state index in [2.05, 4.69) is 16.5 Å². The summed E-state index contributed by atoms with van der Waals surface area (Å²) in [5, 5.41) is 0. The number of pyridine rings is 1. The van der Waals surface area contributed by atoms with Crippen molar-refractivity contribution in [3.05, 3.63) is 30.6 Å². The van der Waals surface area contributed by atoms with E-state index in [-0.39, 0.29) is 5.91 Å². The highest BCUT2D eigenvalue weighted by Gasteiger charge is 2.28. The minimum atomic E-state index is 0.282. The average molecular weight is 257 g/mol. The summed E-state index contributed by atoms with van der Waals surface area (Å²) in [6.45, 7) is 3.72. The summed E-state index contributed by atoms with van der Waals surface area (Å²) in [7, 11) is 0.